The Kier molecular flexibility index (Phi) is 56.4. The summed E-state index contributed by atoms with van der Waals surface area (Å²) in [5.74, 6) is -0.250. The van der Waals surface area contributed by atoms with E-state index in [2.05, 4.69) is 116 Å². The van der Waals surface area contributed by atoms with Gasteiger partial charge in [-0.1, -0.05) is 297 Å². The molecule has 2 aliphatic rings. The number of allylic oxidation sites excluding steroid dienone is 17. The molecule has 1 amide bonds. The molecule has 530 valence electrons. The van der Waals surface area contributed by atoms with Crippen LogP contribution in [-0.2, 0) is 23.7 Å². The van der Waals surface area contributed by atoms with Gasteiger partial charge in [-0.2, -0.15) is 0 Å². The van der Waals surface area contributed by atoms with Crippen molar-refractivity contribution in [2.75, 3.05) is 19.8 Å². The highest BCUT2D eigenvalue weighted by Crippen LogP contribution is 2.30. The molecule has 0 spiro atoms. The van der Waals surface area contributed by atoms with Crippen molar-refractivity contribution in [1.82, 2.24) is 5.32 Å². The van der Waals surface area contributed by atoms with Crippen molar-refractivity contribution in [3.63, 3.8) is 0 Å². The SMILES string of the molecule is CC/C=C\C/C=C\C/C=C\C/C=C\C/C=C\C/C=C\C/C=C\CCCCCCCCCCCCCCCCCC(=O)NC(COC1OC(CO)C(OC2OC(CO)C(O)C(O)C2O)C(O)C1O)C(O)/C=C/CC/C=C/CCCCCCCCCCCCCCCCC. The topological polar surface area (TPSA) is 228 Å². The van der Waals surface area contributed by atoms with E-state index in [9.17, 15) is 45.6 Å². The fraction of sp³-hybridized carbons (Fsp3) is 0.756. The largest absolute Gasteiger partial charge is 0.394 e. The van der Waals surface area contributed by atoms with Gasteiger partial charge in [-0.25, -0.2) is 0 Å². The van der Waals surface area contributed by atoms with E-state index in [-0.39, 0.29) is 18.9 Å². The summed E-state index contributed by atoms with van der Waals surface area (Å²) in [6.07, 6.45) is 71.5. The van der Waals surface area contributed by atoms with Crippen LogP contribution >= 0.6 is 0 Å². The lowest BCUT2D eigenvalue weighted by molar-refractivity contribution is -0.359. The number of aliphatic hydroxyl groups excluding tert-OH is 8. The summed E-state index contributed by atoms with van der Waals surface area (Å²) in [6, 6.07) is -0.938. The molecule has 12 unspecified atom stereocenters. The second-order valence-corrected chi connectivity index (χ2v) is 25.7. The van der Waals surface area contributed by atoms with Crippen LogP contribution in [0.3, 0.4) is 0 Å². The number of nitrogens with one attached hydrogen (secondary N) is 1. The van der Waals surface area contributed by atoms with E-state index in [0.29, 0.717) is 12.8 Å². The molecule has 2 rings (SSSR count). The molecule has 14 nitrogen and oxygen atoms in total. The van der Waals surface area contributed by atoms with Crippen LogP contribution in [0.4, 0.5) is 0 Å². The van der Waals surface area contributed by atoms with Gasteiger partial charge >= 0.3 is 0 Å². The van der Waals surface area contributed by atoms with Gasteiger partial charge in [0.1, 0.15) is 48.8 Å². The molecular formula is C78H135NO13. The summed E-state index contributed by atoms with van der Waals surface area (Å²) >= 11 is 0. The van der Waals surface area contributed by atoms with E-state index in [1.165, 1.54) is 173 Å². The van der Waals surface area contributed by atoms with Gasteiger partial charge in [-0.15, -0.1) is 0 Å². The lowest BCUT2D eigenvalue weighted by Gasteiger charge is -2.46. The van der Waals surface area contributed by atoms with E-state index in [1.807, 2.05) is 6.08 Å². The van der Waals surface area contributed by atoms with E-state index in [1.54, 1.807) is 6.08 Å². The molecule has 0 aromatic heterocycles. The van der Waals surface area contributed by atoms with Gasteiger partial charge in [0.05, 0.1) is 32.0 Å². The second kappa shape index (κ2) is 61.3. The lowest BCUT2D eigenvalue weighted by Crippen LogP contribution is -2.65. The number of rotatable bonds is 60. The van der Waals surface area contributed by atoms with Crippen LogP contribution in [-0.4, -0.2) is 140 Å². The first-order chi connectivity index (χ1) is 45.1. The summed E-state index contributed by atoms with van der Waals surface area (Å²) in [5, 5.41) is 87.5. The first kappa shape index (κ1) is 84.7. The third kappa shape index (κ3) is 44.4. The van der Waals surface area contributed by atoms with Gasteiger partial charge < -0.3 is 65.1 Å². The highest BCUT2D eigenvalue weighted by molar-refractivity contribution is 5.76. The lowest BCUT2D eigenvalue weighted by atomic mass is 9.97. The Morgan fingerprint density at radius 1 is 0.402 bits per heavy atom. The Balaban J connectivity index is 1.64. The monoisotopic (exact) mass is 1290 g/mol. The minimum atomic E-state index is -1.80. The Morgan fingerprint density at radius 3 is 1.20 bits per heavy atom. The standard InChI is InChI=1S/C78H135NO13/c1-3-5-7-9-11-13-15-17-19-21-23-25-26-27-28-29-30-31-32-33-34-35-36-37-38-39-40-42-44-46-48-50-52-54-56-58-60-62-70(83)79-66(67(82)61-59-57-55-53-51-49-47-45-43-41-24-22-20-18-16-14-12-10-8-6-4-2)65-89-77-75(88)73(86)76(69(64-81)91-77)92-78-74(87)72(85)71(84)68(63-80)90-78/h5,7,11,13,17,19,23,25,27-28,30-31,33-34,51,53,59,61,66-69,71-78,80-82,84-88H,3-4,6,8-10,12,14-16,18,20-22,24,26,29,32,35-50,52,54-58,60,62-65H2,1-2H3,(H,79,83)/b7-5-,13-11-,19-17-,25-23-,28-27-,31-30-,34-33-,53-51+,61-59+. The minimum Gasteiger partial charge on any atom is -0.394 e. The summed E-state index contributed by atoms with van der Waals surface area (Å²) in [6.45, 7) is 2.69. The second-order valence-electron chi connectivity index (χ2n) is 25.7. The molecule has 0 aliphatic carbocycles. The molecule has 0 saturated carbocycles. The van der Waals surface area contributed by atoms with Gasteiger partial charge in [0.2, 0.25) is 5.91 Å². The van der Waals surface area contributed by atoms with Crippen molar-refractivity contribution < 1.29 is 64.6 Å². The Hall–Kier alpha value is -3.35. The van der Waals surface area contributed by atoms with Crippen LogP contribution in [0.25, 0.3) is 0 Å². The zero-order valence-electron chi connectivity index (χ0n) is 57.8. The zero-order valence-corrected chi connectivity index (χ0v) is 57.8. The Bertz CT molecular complexity index is 1960. The summed E-state index contributed by atoms with van der Waals surface area (Å²) in [5.41, 5.74) is 0. The van der Waals surface area contributed by atoms with Crippen LogP contribution in [0, 0.1) is 0 Å². The maximum Gasteiger partial charge on any atom is 0.220 e. The molecule has 2 heterocycles. The fourth-order valence-electron chi connectivity index (χ4n) is 11.6. The van der Waals surface area contributed by atoms with Crippen molar-refractivity contribution in [2.45, 2.75) is 357 Å². The summed E-state index contributed by atoms with van der Waals surface area (Å²) in [4.78, 5) is 13.3. The summed E-state index contributed by atoms with van der Waals surface area (Å²) < 4.78 is 22.9. The maximum absolute atomic E-state index is 13.3. The molecule has 9 N–H and O–H groups in total. The number of carbonyl (C=O) groups is 1. The fourth-order valence-corrected chi connectivity index (χ4v) is 11.6. The van der Waals surface area contributed by atoms with Gasteiger partial charge in [-0.05, 0) is 89.9 Å². The van der Waals surface area contributed by atoms with Crippen LogP contribution in [0.15, 0.2) is 109 Å². The van der Waals surface area contributed by atoms with E-state index < -0.39 is 86.8 Å². The van der Waals surface area contributed by atoms with Crippen LogP contribution in [0.1, 0.15) is 284 Å². The molecule has 2 saturated heterocycles. The van der Waals surface area contributed by atoms with Crippen molar-refractivity contribution in [3.8, 4) is 0 Å². The predicted molar refractivity (Wildman–Crippen MR) is 378 cm³/mol. The van der Waals surface area contributed by atoms with Crippen molar-refractivity contribution in [3.05, 3.63) is 109 Å². The zero-order chi connectivity index (χ0) is 66.6. The van der Waals surface area contributed by atoms with E-state index in [4.69, 9.17) is 18.9 Å². The van der Waals surface area contributed by atoms with Gasteiger partial charge in [0.15, 0.2) is 12.6 Å². The smallest absolute Gasteiger partial charge is 0.220 e. The number of hydrogen-bond donors (Lipinski definition) is 9. The number of carbonyl (C=O) groups excluding carboxylic acids is 1. The van der Waals surface area contributed by atoms with Gasteiger partial charge in [0, 0.05) is 6.42 Å². The maximum atomic E-state index is 13.3. The number of aliphatic hydroxyl groups is 8. The van der Waals surface area contributed by atoms with E-state index >= 15 is 0 Å². The first-order valence-electron chi connectivity index (χ1n) is 37.1. The quantitative estimate of drug-likeness (QED) is 0.0204. The Morgan fingerprint density at radius 2 is 0.761 bits per heavy atom. The van der Waals surface area contributed by atoms with Crippen LogP contribution in [0.5, 0.6) is 0 Å². The minimum absolute atomic E-state index is 0.250. The molecule has 12 atom stereocenters. The molecule has 2 fully saturated rings. The normalized spacial score (nSPS) is 23.3. The van der Waals surface area contributed by atoms with Crippen LogP contribution < -0.4 is 5.32 Å². The van der Waals surface area contributed by atoms with E-state index in [0.717, 1.165) is 77.0 Å². The molecule has 0 bridgehead atoms. The molecule has 0 aromatic rings. The highest BCUT2D eigenvalue weighted by atomic mass is 16.7. The third-order valence-corrected chi connectivity index (χ3v) is 17.4. The predicted octanol–water partition coefficient (Wildman–Crippen LogP) is 15.9. The number of unbranched alkanes of at least 4 members (excludes halogenated alkanes) is 31. The third-order valence-electron chi connectivity index (χ3n) is 17.4. The molecular weight excluding hydrogens is 1160 g/mol. The van der Waals surface area contributed by atoms with Gasteiger partial charge in [-0.3, -0.25) is 4.79 Å². The number of amides is 1. The molecule has 0 aromatic carbocycles. The molecule has 14 heteroatoms. The first-order valence-corrected chi connectivity index (χ1v) is 37.1. The average molecular weight is 1290 g/mol. The van der Waals surface area contributed by atoms with Crippen molar-refractivity contribution >= 4 is 5.91 Å². The molecule has 92 heavy (non-hydrogen) atoms. The number of hydrogen-bond acceptors (Lipinski definition) is 13. The molecule has 0 radical (unpaired) electrons. The molecule has 2 aliphatic heterocycles. The van der Waals surface area contributed by atoms with Crippen molar-refractivity contribution in [1.29, 1.82) is 0 Å². The number of ether oxygens (including phenoxy) is 4. The van der Waals surface area contributed by atoms with Crippen LogP contribution in [0.2, 0.25) is 0 Å². The van der Waals surface area contributed by atoms with Crippen molar-refractivity contribution in [2.24, 2.45) is 0 Å². The summed E-state index contributed by atoms with van der Waals surface area (Å²) in [7, 11) is 0. The Labute approximate surface area is 559 Å². The highest BCUT2D eigenvalue weighted by Gasteiger charge is 2.51. The average Bonchev–Trinajstić information content (AvgIpc) is 0.915. The van der Waals surface area contributed by atoms with Gasteiger partial charge in [0.25, 0.3) is 0 Å².